The second kappa shape index (κ2) is 9.39. The minimum absolute atomic E-state index is 0.108. The van der Waals surface area contributed by atoms with Gasteiger partial charge in [-0.2, -0.15) is 20.1 Å². The molecule has 12 nitrogen and oxygen atoms in total. The molecule has 0 amide bonds. The quantitative estimate of drug-likeness (QED) is 0.194. The largest absolute Gasteiger partial charge is 0.394 e. The Labute approximate surface area is 145 Å². The van der Waals surface area contributed by atoms with E-state index in [0.717, 1.165) is 6.21 Å². The predicted molar refractivity (Wildman–Crippen MR) is 91.7 cm³/mol. The third-order valence-electron chi connectivity index (χ3n) is 3.08. The van der Waals surface area contributed by atoms with Gasteiger partial charge in [0.15, 0.2) is 0 Å². The number of anilines is 3. The van der Waals surface area contributed by atoms with Gasteiger partial charge >= 0.3 is 0 Å². The first-order valence-electron chi connectivity index (χ1n) is 7.40. The third-order valence-corrected chi connectivity index (χ3v) is 3.08. The van der Waals surface area contributed by atoms with Crippen molar-refractivity contribution in [2.24, 2.45) is 5.10 Å². The summed E-state index contributed by atoms with van der Waals surface area (Å²) in [5.41, 5.74) is 2.49. The first kappa shape index (κ1) is 20.9. The molecule has 25 heavy (non-hydrogen) atoms. The van der Waals surface area contributed by atoms with Crippen LogP contribution in [-0.4, -0.2) is 106 Å². The Balaban J connectivity index is 2.81. The summed E-state index contributed by atoms with van der Waals surface area (Å²) in [7, 11) is 7.04. The lowest BCUT2D eigenvalue weighted by atomic mass is 10.0. The Morgan fingerprint density at radius 1 is 0.960 bits per heavy atom. The van der Waals surface area contributed by atoms with Crippen LogP contribution in [0.4, 0.5) is 17.8 Å². The van der Waals surface area contributed by atoms with E-state index in [0.29, 0.717) is 11.9 Å². The number of hydrogen-bond donors (Lipinski definition) is 6. The predicted octanol–water partition coefficient (Wildman–Crippen LogP) is -3.16. The maximum absolute atomic E-state index is 9.73. The maximum Gasteiger partial charge on any atom is 0.250 e. The third kappa shape index (κ3) is 6.03. The van der Waals surface area contributed by atoms with Gasteiger partial charge < -0.3 is 35.3 Å². The lowest BCUT2D eigenvalue weighted by Gasteiger charge is -2.23. The van der Waals surface area contributed by atoms with Crippen molar-refractivity contribution in [3.63, 3.8) is 0 Å². The maximum atomic E-state index is 9.73. The summed E-state index contributed by atoms with van der Waals surface area (Å²) in [4.78, 5) is 15.8. The first-order chi connectivity index (χ1) is 11.7. The second-order valence-corrected chi connectivity index (χ2v) is 5.66. The van der Waals surface area contributed by atoms with E-state index in [2.05, 4.69) is 25.5 Å². The fraction of sp³-hybridized carbons (Fsp3) is 0.692. The summed E-state index contributed by atoms with van der Waals surface area (Å²) < 4.78 is 0. The van der Waals surface area contributed by atoms with Crippen molar-refractivity contribution < 1.29 is 25.5 Å². The molecule has 0 aliphatic carbocycles. The minimum Gasteiger partial charge on any atom is -0.394 e. The van der Waals surface area contributed by atoms with Crippen LogP contribution in [0.2, 0.25) is 0 Å². The molecule has 142 valence electrons. The standard InChI is InChI=1S/C13H25N7O5/c1-19(2)12-15-11(16-13(17-12)20(3)4)18-14-5-7(22)9(24)10(25)8(23)6-21/h5,7-10,21-25H,6H2,1-4H3,(H,15,16,17,18)/b14-5+. The molecule has 4 unspecified atom stereocenters. The van der Waals surface area contributed by atoms with E-state index in [1.165, 1.54) is 0 Å². The fourth-order valence-corrected chi connectivity index (χ4v) is 1.60. The van der Waals surface area contributed by atoms with E-state index in [1.807, 2.05) is 0 Å². The van der Waals surface area contributed by atoms with Crippen LogP contribution in [-0.2, 0) is 0 Å². The van der Waals surface area contributed by atoms with Crippen molar-refractivity contribution in [1.29, 1.82) is 0 Å². The smallest absolute Gasteiger partial charge is 0.250 e. The van der Waals surface area contributed by atoms with Crippen molar-refractivity contribution in [2.75, 3.05) is 50.0 Å². The molecule has 4 atom stereocenters. The van der Waals surface area contributed by atoms with Gasteiger partial charge in [0.05, 0.1) is 12.8 Å². The van der Waals surface area contributed by atoms with Crippen molar-refractivity contribution in [2.45, 2.75) is 24.4 Å². The molecule has 0 bridgehead atoms. The van der Waals surface area contributed by atoms with E-state index in [1.54, 1.807) is 38.0 Å². The van der Waals surface area contributed by atoms with Gasteiger partial charge in [-0.1, -0.05) is 0 Å². The Hall–Kier alpha value is -2.12. The topological polar surface area (TPSA) is 171 Å². The number of aliphatic hydroxyl groups excluding tert-OH is 5. The Bertz CT molecular complexity index is 545. The van der Waals surface area contributed by atoms with E-state index in [4.69, 9.17) is 5.11 Å². The monoisotopic (exact) mass is 359 g/mol. The average Bonchev–Trinajstić information content (AvgIpc) is 2.59. The molecule has 1 aromatic rings. The van der Waals surface area contributed by atoms with Gasteiger partial charge in [0.1, 0.15) is 24.4 Å². The van der Waals surface area contributed by atoms with Crippen molar-refractivity contribution in [3.05, 3.63) is 0 Å². The highest BCUT2D eigenvalue weighted by atomic mass is 16.4. The zero-order valence-electron chi connectivity index (χ0n) is 14.5. The Morgan fingerprint density at radius 3 is 1.92 bits per heavy atom. The van der Waals surface area contributed by atoms with Crippen molar-refractivity contribution in [3.8, 4) is 0 Å². The molecule has 0 aliphatic heterocycles. The zero-order chi connectivity index (χ0) is 19.1. The van der Waals surface area contributed by atoms with Crippen LogP contribution in [0, 0.1) is 0 Å². The zero-order valence-corrected chi connectivity index (χ0v) is 14.5. The van der Waals surface area contributed by atoms with Gasteiger partial charge in [0.25, 0.3) is 0 Å². The van der Waals surface area contributed by atoms with Gasteiger partial charge in [-0.25, -0.2) is 5.43 Å². The number of hydrogen-bond acceptors (Lipinski definition) is 12. The van der Waals surface area contributed by atoms with Gasteiger partial charge in [0, 0.05) is 28.2 Å². The van der Waals surface area contributed by atoms with Gasteiger partial charge in [0.2, 0.25) is 17.8 Å². The van der Waals surface area contributed by atoms with Gasteiger partial charge in [-0.3, -0.25) is 0 Å². The molecule has 0 radical (unpaired) electrons. The molecular formula is C13H25N7O5. The van der Waals surface area contributed by atoms with Gasteiger partial charge in [-0.05, 0) is 0 Å². The van der Waals surface area contributed by atoms with E-state index in [9.17, 15) is 20.4 Å². The van der Waals surface area contributed by atoms with Crippen LogP contribution < -0.4 is 15.2 Å². The van der Waals surface area contributed by atoms with Crippen LogP contribution in [0.3, 0.4) is 0 Å². The summed E-state index contributed by atoms with van der Waals surface area (Å²) in [5.74, 6) is 0.883. The average molecular weight is 359 g/mol. The number of rotatable bonds is 9. The number of nitrogens with one attached hydrogen (secondary N) is 1. The highest BCUT2D eigenvalue weighted by molar-refractivity contribution is 5.64. The molecule has 0 aliphatic rings. The molecular weight excluding hydrogens is 334 g/mol. The summed E-state index contributed by atoms with van der Waals surface area (Å²) in [5, 5.41) is 50.6. The Morgan fingerprint density at radius 2 is 1.48 bits per heavy atom. The molecule has 0 saturated heterocycles. The van der Waals surface area contributed by atoms with Crippen molar-refractivity contribution in [1.82, 2.24) is 15.0 Å². The first-order valence-corrected chi connectivity index (χ1v) is 7.40. The summed E-state index contributed by atoms with van der Waals surface area (Å²) in [6.45, 7) is -0.758. The van der Waals surface area contributed by atoms with Crippen molar-refractivity contribution >= 4 is 24.1 Å². The molecule has 12 heteroatoms. The molecule has 1 heterocycles. The number of hydrazone groups is 1. The molecule has 0 spiro atoms. The molecule has 0 fully saturated rings. The second-order valence-electron chi connectivity index (χ2n) is 5.66. The summed E-state index contributed by atoms with van der Waals surface area (Å²) in [6, 6.07) is 0. The minimum atomic E-state index is -1.74. The molecule has 6 N–H and O–H groups in total. The summed E-state index contributed by atoms with van der Waals surface area (Å²) >= 11 is 0. The highest BCUT2D eigenvalue weighted by Crippen LogP contribution is 2.13. The van der Waals surface area contributed by atoms with E-state index >= 15 is 0 Å². The van der Waals surface area contributed by atoms with E-state index in [-0.39, 0.29) is 5.95 Å². The van der Waals surface area contributed by atoms with Crippen LogP contribution in [0.15, 0.2) is 5.10 Å². The van der Waals surface area contributed by atoms with Crippen LogP contribution in [0.1, 0.15) is 0 Å². The number of aliphatic hydroxyl groups is 5. The Kier molecular flexibility index (Phi) is 7.86. The van der Waals surface area contributed by atoms with Crippen LogP contribution >= 0.6 is 0 Å². The highest BCUT2D eigenvalue weighted by Gasteiger charge is 2.29. The number of aromatic nitrogens is 3. The molecule has 1 rings (SSSR count). The SMILES string of the molecule is CN(C)c1nc(N/N=C/C(O)C(O)C(O)C(O)CO)nc(N(C)C)n1. The lowest BCUT2D eigenvalue weighted by Crippen LogP contribution is -2.46. The molecule has 0 saturated carbocycles. The summed E-state index contributed by atoms with van der Waals surface area (Å²) in [6.07, 6.45) is -5.73. The van der Waals surface area contributed by atoms with Crippen LogP contribution in [0.5, 0.6) is 0 Å². The normalized spacial score (nSPS) is 16.4. The lowest BCUT2D eigenvalue weighted by molar-refractivity contribution is -0.0999. The number of nitrogens with zero attached hydrogens (tertiary/aromatic N) is 6. The van der Waals surface area contributed by atoms with E-state index < -0.39 is 31.0 Å². The van der Waals surface area contributed by atoms with Gasteiger partial charge in [-0.15, -0.1) is 0 Å². The molecule has 1 aromatic heterocycles. The molecule has 0 aromatic carbocycles. The fourth-order valence-electron chi connectivity index (χ4n) is 1.60. The van der Waals surface area contributed by atoms with Crippen LogP contribution in [0.25, 0.3) is 0 Å².